The molecule has 0 unspecified atom stereocenters. The molecule has 0 amide bonds. The van der Waals surface area contributed by atoms with Crippen LogP contribution < -0.4 is 0 Å². The molecule has 88 valence electrons. The van der Waals surface area contributed by atoms with E-state index in [1.807, 2.05) is 41.9 Å². The normalized spacial score (nSPS) is 10.5. The number of halogens is 1. The van der Waals surface area contributed by atoms with Crippen LogP contribution in [0.5, 0.6) is 0 Å². The van der Waals surface area contributed by atoms with Crippen molar-refractivity contribution in [2.75, 3.05) is 5.33 Å². The Morgan fingerprint density at radius 2 is 2.06 bits per heavy atom. The van der Waals surface area contributed by atoms with Crippen molar-refractivity contribution < 1.29 is 4.79 Å². The number of hydrogen-bond donors (Lipinski definition) is 0. The van der Waals surface area contributed by atoms with E-state index in [9.17, 15) is 4.79 Å². The number of aromatic nitrogens is 2. The summed E-state index contributed by atoms with van der Waals surface area (Å²) >= 11 is 3.18. The number of rotatable bonds is 4. The summed E-state index contributed by atoms with van der Waals surface area (Å²) in [7, 11) is 0. The summed E-state index contributed by atoms with van der Waals surface area (Å²) in [6.07, 6.45) is 1.64. The van der Waals surface area contributed by atoms with Crippen LogP contribution in [0.15, 0.2) is 36.5 Å². The fourth-order valence-corrected chi connectivity index (χ4v) is 2.01. The smallest absolute Gasteiger partial charge is 0.176 e. The minimum Gasteiger partial charge on any atom is -0.293 e. The van der Waals surface area contributed by atoms with Crippen LogP contribution in [0.3, 0.4) is 0 Å². The van der Waals surface area contributed by atoms with Gasteiger partial charge < -0.3 is 0 Å². The molecular weight excluding hydrogens is 280 g/mol. The van der Waals surface area contributed by atoms with Gasteiger partial charge in [0, 0.05) is 5.69 Å². The lowest BCUT2D eigenvalue weighted by atomic mass is 10.2. The Kier molecular flexibility index (Phi) is 3.74. The number of benzene rings is 1. The molecule has 0 bridgehead atoms. The Morgan fingerprint density at radius 3 is 2.71 bits per heavy atom. The summed E-state index contributed by atoms with van der Waals surface area (Å²) in [5, 5.41) is 4.59. The van der Waals surface area contributed by atoms with Gasteiger partial charge in [-0.25, -0.2) is 0 Å². The second-order valence-electron chi connectivity index (χ2n) is 3.84. The molecule has 1 aromatic heterocycles. The monoisotopic (exact) mass is 292 g/mol. The highest BCUT2D eigenvalue weighted by molar-refractivity contribution is 9.09. The first-order valence-corrected chi connectivity index (χ1v) is 6.50. The maximum absolute atomic E-state index is 11.6. The summed E-state index contributed by atoms with van der Waals surface area (Å²) < 4.78 is 1.85. The van der Waals surface area contributed by atoms with Crippen LogP contribution in [0.25, 0.3) is 0 Å². The molecule has 0 spiro atoms. The van der Waals surface area contributed by atoms with Gasteiger partial charge in [-0.3, -0.25) is 9.48 Å². The fraction of sp³-hybridized carbons (Fsp3) is 0.231. The van der Waals surface area contributed by atoms with E-state index in [1.165, 1.54) is 5.56 Å². The first-order valence-electron chi connectivity index (χ1n) is 5.38. The van der Waals surface area contributed by atoms with E-state index < -0.39 is 0 Å². The Balaban J connectivity index is 2.24. The zero-order chi connectivity index (χ0) is 12.3. The molecule has 2 aromatic rings. The lowest BCUT2D eigenvalue weighted by Crippen LogP contribution is -2.06. The Bertz CT molecular complexity index is 519. The van der Waals surface area contributed by atoms with Gasteiger partial charge in [-0.05, 0) is 12.5 Å². The van der Waals surface area contributed by atoms with E-state index in [4.69, 9.17) is 0 Å². The molecule has 0 radical (unpaired) electrons. The molecule has 0 aliphatic rings. The molecule has 3 nitrogen and oxygen atoms in total. The first-order chi connectivity index (χ1) is 8.22. The van der Waals surface area contributed by atoms with E-state index in [0.717, 1.165) is 5.69 Å². The molecule has 1 heterocycles. The van der Waals surface area contributed by atoms with Gasteiger partial charge in [-0.2, -0.15) is 5.10 Å². The molecule has 4 heteroatoms. The number of ketones is 1. The highest BCUT2D eigenvalue weighted by Gasteiger charge is 2.12. The SMILES string of the molecule is Cc1c(C(=O)CBr)cnn1Cc1ccccc1. The topological polar surface area (TPSA) is 34.9 Å². The van der Waals surface area contributed by atoms with E-state index in [1.54, 1.807) is 6.20 Å². The number of nitrogens with zero attached hydrogens (tertiary/aromatic N) is 2. The predicted octanol–water partition coefficient (Wildman–Crippen LogP) is 2.82. The van der Waals surface area contributed by atoms with Gasteiger partial charge in [0.2, 0.25) is 0 Å². The lowest BCUT2D eigenvalue weighted by Gasteiger charge is -2.05. The molecule has 0 N–H and O–H groups in total. The van der Waals surface area contributed by atoms with Gasteiger partial charge >= 0.3 is 0 Å². The quantitative estimate of drug-likeness (QED) is 0.642. The van der Waals surface area contributed by atoms with Crippen LogP contribution in [0.1, 0.15) is 21.6 Å². The number of carbonyl (C=O) groups is 1. The van der Waals surface area contributed by atoms with Crippen molar-refractivity contribution in [3.05, 3.63) is 53.3 Å². The lowest BCUT2D eigenvalue weighted by molar-refractivity contribution is 0.102. The maximum atomic E-state index is 11.6. The van der Waals surface area contributed by atoms with E-state index in [2.05, 4.69) is 21.0 Å². The van der Waals surface area contributed by atoms with Crippen molar-refractivity contribution >= 4 is 21.7 Å². The Labute approximate surface area is 109 Å². The molecule has 0 aliphatic carbocycles. The molecule has 0 saturated heterocycles. The molecule has 17 heavy (non-hydrogen) atoms. The summed E-state index contributed by atoms with van der Waals surface area (Å²) in [4.78, 5) is 11.6. The van der Waals surface area contributed by atoms with Gasteiger partial charge in [-0.15, -0.1) is 0 Å². The Morgan fingerprint density at radius 1 is 1.35 bits per heavy atom. The molecular formula is C13H13BrN2O. The molecule has 2 rings (SSSR count). The number of Topliss-reactive ketones (excluding diaryl/α,β-unsaturated/α-hetero) is 1. The molecule has 0 aliphatic heterocycles. The zero-order valence-electron chi connectivity index (χ0n) is 9.56. The van der Waals surface area contributed by atoms with Crippen LogP contribution in [0.4, 0.5) is 0 Å². The molecule has 0 atom stereocenters. The van der Waals surface area contributed by atoms with Crippen LogP contribution in [-0.4, -0.2) is 20.9 Å². The zero-order valence-corrected chi connectivity index (χ0v) is 11.1. The van der Waals surface area contributed by atoms with Crippen molar-refractivity contribution in [2.45, 2.75) is 13.5 Å². The standard InChI is InChI=1S/C13H13BrN2O/c1-10-12(13(17)7-14)8-15-16(10)9-11-5-3-2-4-6-11/h2-6,8H,7,9H2,1H3. The summed E-state index contributed by atoms with van der Waals surface area (Å²) in [5.41, 5.74) is 2.78. The van der Waals surface area contributed by atoms with E-state index in [0.29, 0.717) is 17.4 Å². The van der Waals surface area contributed by atoms with Crippen molar-refractivity contribution in [1.29, 1.82) is 0 Å². The minimum absolute atomic E-state index is 0.0711. The third-order valence-corrected chi connectivity index (χ3v) is 3.21. The molecule has 1 aromatic carbocycles. The van der Waals surface area contributed by atoms with Crippen molar-refractivity contribution in [2.24, 2.45) is 0 Å². The van der Waals surface area contributed by atoms with Gasteiger partial charge in [0.05, 0.1) is 23.6 Å². The van der Waals surface area contributed by atoms with Crippen LogP contribution >= 0.6 is 15.9 Å². The number of hydrogen-bond acceptors (Lipinski definition) is 2. The Hall–Kier alpha value is -1.42. The largest absolute Gasteiger partial charge is 0.293 e. The average Bonchev–Trinajstić information content (AvgIpc) is 2.72. The van der Waals surface area contributed by atoms with E-state index >= 15 is 0 Å². The van der Waals surface area contributed by atoms with Gasteiger partial charge in [0.15, 0.2) is 5.78 Å². The number of carbonyl (C=O) groups excluding carboxylic acids is 1. The fourth-order valence-electron chi connectivity index (χ4n) is 1.71. The summed E-state index contributed by atoms with van der Waals surface area (Å²) in [6.45, 7) is 2.62. The summed E-state index contributed by atoms with van der Waals surface area (Å²) in [6, 6.07) is 10.1. The second kappa shape index (κ2) is 5.27. The van der Waals surface area contributed by atoms with Gasteiger partial charge in [-0.1, -0.05) is 46.3 Å². The average molecular weight is 293 g/mol. The van der Waals surface area contributed by atoms with Crippen molar-refractivity contribution in [3.63, 3.8) is 0 Å². The first kappa shape index (κ1) is 12.0. The van der Waals surface area contributed by atoms with Crippen LogP contribution in [0, 0.1) is 6.92 Å². The third kappa shape index (κ3) is 2.64. The van der Waals surface area contributed by atoms with Crippen LogP contribution in [0.2, 0.25) is 0 Å². The summed E-state index contributed by atoms with van der Waals surface area (Å²) in [5.74, 6) is 0.0711. The molecule has 0 saturated carbocycles. The van der Waals surface area contributed by atoms with Gasteiger partial charge in [0.1, 0.15) is 0 Å². The number of alkyl halides is 1. The highest BCUT2D eigenvalue weighted by Crippen LogP contribution is 2.11. The van der Waals surface area contributed by atoms with Crippen molar-refractivity contribution in [3.8, 4) is 0 Å². The van der Waals surface area contributed by atoms with E-state index in [-0.39, 0.29) is 5.78 Å². The second-order valence-corrected chi connectivity index (χ2v) is 4.40. The molecule has 0 fully saturated rings. The highest BCUT2D eigenvalue weighted by atomic mass is 79.9. The third-order valence-electron chi connectivity index (χ3n) is 2.70. The van der Waals surface area contributed by atoms with Crippen molar-refractivity contribution in [1.82, 2.24) is 9.78 Å². The predicted molar refractivity (Wildman–Crippen MR) is 70.6 cm³/mol. The maximum Gasteiger partial charge on any atom is 0.176 e. The van der Waals surface area contributed by atoms with Gasteiger partial charge in [0.25, 0.3) is 0 Å². The van der Waals surface area contributed by atoms with Crippen LogP contribution in [-0.2, 0) is 6.54 Å². The minimum atomic E-state index is 0.0711.